The molecule has 0 amide bonds. The van der Waals surface area contributed by atoms with Crippen LogP contribution in [0.25, 0.3) is 0 Å². The summed E-state index contributed by atoms with van der Waals surface area (Å²) in [5.41, 5.74) is 0.201. The largest absolute Gasteiger partial charge is 0.456 e. The van der Waals surface area contributed by atoms with Gasteiger partial charge in [-0.3, -0.25) is 0 Å². The summed E-state index contributed by atoms with van der Waals surface area (Å²) in [6, 6.07) is 9.14. The van der Waals surface area contributed by atoms with Crippen molar-refractivity contribution in [3.8, 4) is 0 Å². The monoisotopic (exact) mass is 234 g/mol. The second-order valence-electron chi connectivity index (χ2n) is 5.05. The summed E-state index contributed by atoms with van der Waals surface area (Å²) in [7, 11) is 0. The topological polar surface area (TPSA) is 26.3 Å². The van der Waals surface area contributed by atoms with Crippen molar-refractivity contribution in [3.63, 3.8) is 0 Å². The van der Waals surface area contributed by atoms with Crippen molar-refractivity contribution in [2.75, 3.05) is 0 Å². The van der Waals surface area contributed by atoms with Crippen molar-refractivity contribution in [1.29, 1.82) is 0 Å². The second-order valence-corrected chi connectivity index (χ2v) is 5.05. The van der Waals surface area contributed by atoms with Crippen molar-refractivity contribution in [2.24, 2.45) is 5.92 Å². The van der Waals surface area contributed by atoms with Crippen molar-refractivity contribution in [3.05, 3.63) is 35.9 Å². The number of rotatable bonds is 5. The van der Waals surface area contributed by atoms with Crippen LogP contribution < -0.4 is 0 Å². The fourth-order valence-corrected chi connectivity index (χ4v) is 1.75. The molecule has 2 nitrogen and oxygen atoms in total. The molecule has 0 aliphatic carbocycles. The van der Waals surface area contributed by atoms with Gasteiger partial charge in [0.05, 0.1) is 5.56 Å². The van der Waals surface area contributed by atoms with Crippen LogP contribution in [0.15, 0.2) is 30.3 Å². The summed E-state index contributed by atoms with van der Waals surface area (Å²) in [4.78, 5) is 11.9. The molecule has 1 aromatic carbocycles. The Hall–Kier alpha value is -1.31. The van der Waals surface area contributed by atoms with Gasteiger partial charge in [0.2, 0.25) is 0 Å². The van der Waals surface area contributed by atoms with Gasteiger partial charge in [0, 0.05) is 0 Å². The standard InChI is InChI=1S/C15H22O2/c1-5-9-12(2)15(3,4)17-14(16)13-10-7-6-8-11-13/h6-8,10-12H,5,9H2,1-4H3. The van der Waals surface area contributed by atoms with Crippen LogP contribution in [0.4, 0.5) is 0 Å². The Bertz CT molecular complexity index is 354. The quantitative estimate of drug-likeness (QED) is 0.718. The van der Waals surface area contributed by atoms with Crippen LogP contribution >= 0.6 is 0 Å². The van der Waals surface area contributed by atoms with E-state index in [0.717, 1.165) is 12.8 Å². The SMILES string of the molecule is CCCC(C)C(C)(C)OC(=O)c1ccccc1. The average molecular weight is 234 g/mol. The van der Waals surface area contributed by atoms with E-state index >= 15 is 0 Å². The van der Waals surface area contributed by atoms with Crippen molar-refractivity contribution < 1.29 is 9.53 Å². The number of carbonyl (C=O) groups excluding carboxylic acids is 1. The minimum Gasteiger partial charge on any atom is -0.456 e. The van der Waals surface area contributed by atoms with Crippen LogP contribution in [0.3, 0.4) is 0 Å². The summed E-state index contributed by atoms with van der Waals surface area (Å²) in [5, 5.41) is 0. The average Bonchev–Trinajstić information content (AvgIpc) is 2.30. The third-order valence-corrected chi connectivity index (χ3v) is 3.27. The van der Waals surface area contributed by atoms with Gasteiger partial charge in [-0.15, -0.1) is 0 Å². The highest BCUT2D eigenvalue weighted by Crippen LogP contribution is 2.26. The first-order chi connectivity index (χ1) is 7.97. The molecule has 0 fully saturated rings. The van der Waals surface area contributed by atoms with Gasteiger partial charge in [-0.2, -0.15) is 0 Å². The molecular formula is C15H22O2. The lowest BCUT2D eigenvalue weighted by molar-refractivity contribution is -0.0279. The molecule has 1 aromatic rings. The van der Waals surface area contributed by atoms with Gasteiger partial charge in [0.1, 0.15) is 5.60 Å². The van der Waals surface area contributed by atoms with E-state index in [1.54, 1.807) is 12.1 Å². The molecule has 0 aromatic heterocycles. The number of hydrogen-bond donors (Lipinski definition) is 0. The lowest BCUT2D eigenvalue weighted by Crippen LogP contribution is -2.35. The van der Waals surface area contributed by atoms with Gasteiger partial charge in [0.15, 0.2) is 0 Å². The van der Waals surface area contributed by atoms with Gasteiger partial charge in [-0.25, -0.2) is 4.79 Å². The summed E-state index contributed by atoms with van der Waals surface area (Å²) in [5.74, 6) is 0.124. The Morgan fingerprint density at radius 1 is 1.29 bits per heavy atom. The van der Waals surface area contributed by atoms with E-state index < -0.39 is 5.60 Å². The molecule has 0 radical (unpaired) electrons. The van der Waals surface area contributed by atoms with Crippen LogP contribution in [0.2, 0.25) is 0 Å². The van der Waals surface area contributed by atoms with E-state index in [0.29, 0.717) is 11.5 Å². The zero-order valence-corrected chi connectivity index (χ0v) is 11.2. The van der Waals surface area contributed by atoms with E-state index in [4.69, 9.17) is 4.74 Å². The fourth-order valence-electron chi connectivity index (χ4n) is 1.75. The summed E-state index contributed by atoms with van der Waals surface area (Å²) in [6.45, 7) is 8.23. The van der Waals surface area contributed by atoms with Crippen LogP contribution in [0.5, 0.6) is 0 Å². The molecule has 0 aliphatic heterocycles. The second kappa shape index (κ2) is 5.85. The summed E-state index contributed by atoms with van der Waals surface area (Å²) < 4.78 is 5.60. The Morgan fingerprint density at radius 2 is 1.88 bits per heavy atom. The first-order valence-electron chi connectivity index (χ1n) is 6.25. The Morgan fingerprint density at radius 3 is 2.41 bits per heavy atom. The van der Waals surface area contributed by atoms with Crippen LogP contribution in [-0.4, -0.2) is 11.6 Å². The number of hydrogen-bond acceptors (Lipinski definition) is 2. The Labute approximate surface area is 104 Å². The highest BCUT2D eigenvalue weighted by atomic mass is 16.6. The number of carbonyl (C=O) groups is 1. The fraction of sp³-hybridized carbons (Fsp3) is 0.533. The molecule has 0 saturated heterocycles. The third-order valence-electron chi connectivity index (χ3n) is 3.27. The molecule has 0 spiro atoms. The smallest absolute Gasteiger partial charge is 0.338 e. The van der Waals surface area contributed by atoms with Gasteiger partial charge < -0.3 is 4.74 Å². The number of ether oxygens (including phenoxy) is 1. The van der Waals surface area contributed by atoms with E-state index in [1.807, 2.05) is 32.0 Å². The van der Waals surface area contributed by atoms with E-state index in [-0.39, 0.29) is 5.97 Å². The molecule has 1 atom stereocenters. The first-order valence-corrected chi connectivity index (χ1v) is 6.25. The van der Waals surface area contributed by atoms with Gasteiger partial charge in [-0.1, -0.05) is 38.5 Å². The Kier molecular flexibility index (Phi) is 4.73. The molecule has 0 bridgehead atoms. The van der Waals surface area contributed by atoms with E-state index in [2.05, 4.69) is 13.8 Å². The van der Waals surface area contributed by atoms with Crippen molar-refractivity contribution in [2.45, 2.75) is 46.1 Å². The maximum Gasteiger partial charge on any atom is 0.338 e. The molecule has 0 heterocycles. The van der Waals surface area contributed by atoms with Crippen LogP contribution in [-0.2, 0) is 4.74 Å². The van der Waals surface area contributed by atoms with E-state index in [9.17, 15) is 4.79 Å². The molecule has 1 unspecified atom stereocenters. The molecule has 0 aliphatic rings. The number of benzene rings is 1. The summed E-state index contributed by atoms with van der Waals surface area (Å²) >= 11 is 0. The molecule has 0 N–H and O–H groups in total. The highest BCUT2D eigenvalue weighted by Gasteiger charge is 2.29. The van der Waals surface area contributed by atoms with Gasteiger partial charge in [-0.05, 0) is 38.3 Å². The Balaban J connectivity index is 2.68. The predicted octanol–water partition coefficient (Wildman–Crippen LogP) is 4.06. The zero-order chi connectivity index (χ0) is 12.9. The third kappa shape index (κ3) is 3.88. The van der Waals surface area contributed by atoms with Crippen molar-refractivity contribution >= 4 is 5.97 Å². The van der Waals surface area contributed by atoms with Gasteiger partial charge in [0.25, 0.3) is 0 Å². The van der Waals surface area contributed by atoms with E-state index in [1.165, 1.54) is 0 Å². The molecule has 0 saturated carbocycles. The summed E-state index contributed by atoms with van der Waals surface area (Å²) in [6.07, 6.45) is 2.17. The molecular weight excluding hydrogens is 212 g/mol. The lowest BCUT2D eigenvalue weighted by Gasteiger charge is -2.31. The minimum absolute atomic E-state index is 0.237. The lowest BCUT2D eigenvalue weighted by atomic mass is 9.89. The van der Waals surface area contributed by atoms with Crippen LogP contribution in [0, 0.1) is 5.92 Å². The maximum absolute atomic E-state index is 11.9. The highest BCUT2D eigenvalue weighted by molar-refractivity contribution is 5.89. The first kappa shape index (κ1) is 13.8. The molecule has 94 valence electrons. The van der Waals surface area contributed by atoms with Crippen molar-refractivity contribution in [1.82, 2.24) is 0 Å². The van der Waals surface area contributed by atoms with Crippen LogP contribution in [0.1, 0.15) is 50.9 Å². The zero-order valence-electron chi connectivity index (χ0n) is 11.2. The maximum atomic E-state index is 11.9. The minimum atomic E-state index is -0.414. The molecule has 17 heavy (non-hydrogen) atoms. The normalized spacial score (nSPS) is 13.2. The van der Waals surface area contributed by atoms with Gasteiger partial charge >= 0.3 is 5.97 Å². The number of esters is 1. The molecule has 1 rings (SSSR count). The molecule has 2 heteroatoms. The predicted molar refractivity (Wildman–Crippen MR) is 70.0 cm³/mol.